The van der Waals surface area contributed by atoms with E-state index in [2.05, 4.69) is 22.6 Å². The molecule has 1 heterocycles. The van der Waals surface area contributed by atoms with E-state index >= 15 is 0 Å². The third-order valence-corrected chi connectivity index (χ3v) is 4.80. The minimum absolute atomic E-state index is 0.0318. The van der Waals surface area contributed by atoms with Gasteiger partial charge in [-0.25, -0.2) is 0 Å². The summed E-state index contributed by atoms with van der Waals surface area (Å²) in [6, 6.07) is 3.71. The maximum Gasteiger partial charge on any atom is 0.293 e. The van der Waals surface area contributed by atoms with Gasteiger partial charge >= 0.3 is 0 Å². The fourth-order valence-electron chi connectivity index (χ4n) is 2.10. The van der Waals surface area contributed by atoms with Crippen molar-refractivity contribution in [2.75, 3.05) is 13.7 Å². The van der Waals surface area contributed by atoms with Gasteiger partial charge in [0.15, 0.2) is 11.5 Å². The zero-order chi connectivity index (χ0) is 17.1. The molecule has 1 aliphatic rings. The van der Waals surface area contributed by atoms with Crippen molar-refractivity contribution < 1.29 is 19.1 Å². The van der Waals surface area contributed by atoms with Crippen LogP contribution in [-0.4, -0.2) is 35.8 Å². The highest BCUT2D eigenvalue weighted by molar-refractivity contribution is 14.1. The lowest BCUT2D eigenvalue weighted by atomic mass is 10.2. The van der Waals surface area contributed by atoms with E-state index in [1.165, 1.54) is 4.90 Å². The first-order chi connectivity index (χ1) is 10.9. The van der Waals surface area contributed by atoms with Crippen LogP contribution in [0.1, 0.15) is 26.3 Å². The molecule has 2 rings (SSSR count). The molecule has 7 heteroatoms. The number of amides is 2. The van der Waals surface area contributed by atoms with Gasteiger partial charge in [-0.15, -0.1) is 0 Å². The summed E-state index contributed by atoms with van der Waals surface area (Å²) in [6.07, 6.45) is 1.74. The molecule has 0 radical (unpaired) electrons. The maximum atomic E-state index is 12.2. The van der Waals surface area contributed by atoms with Crippen LogP contribution in [0, 0.1) is 3.57 Å². The zero-order valence-corrected chi connectivity index (χ0v) is 16.4. The predicted octanol–water partition coefficient (Wildman–Crippen LogP) is 4.14. The average molecular weight is 447 g/mol. The Morgan fingerprint density at radius 1 is 1.35 bits per heavy atom. The van der Waals surface area contributed by atoms with Crippen LogP contribution in [0.25, 0.3) is 6.08 Å². The molecule has 5 nitrogen and oxygen atoms in total. The first-order valence-electron chi connectivity index (χ1n) is 7.16. The molecule has 0 unspecified atom stereocenters. The summed E-state index contributed by atoms with van der Waals surface area (Å²) in [7, 11) is 1.58. The van der Waals surface area contributed by atoms with Gasteiger partial charge < -0.3 is 9.47 Å². The van der Waals surface area contributed by atoms with Gasteiger partial charge in [0.2, 0.25) is 0 Å². The van der Waals surface area contributed by atoms with E-state index in [1.54, 1.807) is 26.2 Å². The number of nitrogens with zero attached hydrogens (tertiary/aromatic N) is 1. The van der Waals surface area contributed by atoms with Crippen molar-refractivity contribution in [2.45, 2.75) is 26.9 Å². The molecular weight excluding hydrogens is 429 g/mol. The van der Waals surface area contributed by atoms with Gasteiger partial charge in [0.05, 0.1) is 21.7 Å². The number of thioether (sulfide) groups is 1. The van der Waals surface area contributed by atoms with Crippen LogP contribution in [-0.2, 0) is 4.79 Å². The molecule has 0 aliphatic carbocycles. The lowest BCUT2D eigenvalue weighted by Gasteiger charge is -2.16. The molecule has 23 heavy (non-hydrogen) atoms. The first kappa shape index (κ1) is 18.1. The predicted molar refractivity (Wildman–Crippen MR) is 99.8 cm³/mol. The van der Waals surface area contributed by atoms with Crippen molar-refractivity contribution >= 4 is 51.6 Å². The Labute approximate surface area is 153 Å². The number of carbonyl (C=O) groups excluding carboxylic acids is 2. The zero-order valence-electron chi connectivity index (χ0n) is 13.4. The van der Waals surface area contributed by atoms with Crippen LogP contribution in [0.2, 0.25) is 0 Å². The number of carbonyl (C=O) groups is 2. The number of methoxy groups -OCH3 is 1. The quantitative estimate of drug-likeness (QED) is 0.502. The number of hydrogen-bond acceptors (Lipinski definition) is 5. The summed E-state index contributed by atoms with van der Waals surface area (Å²) in [6.45, 7) is 6.06. The summed E-state index contributed by atoms with van der Waals surface area (Å²) < 4.78 is 12.1. The fraction of sp³-hybridized carbons (Fsp3) is 0.375. The van der Waals surface area contributed by atoms with E-state index in [0.717, 1.165) is 20.9 Å². The molecule has 1 aliphatic heterocycles. The van der Waals surface area contributed by atoms with Gasteiger partial charge in [-0.05, 0) is 78.9 Å². The molecule has 0 bridgehead atoms. The number of ether oxygens (including phenoxy) is 2. The van der Waals surface area contributed by atoms with E-state index in [9.17, 15) is 9.59 Å². The van der Waals surface area contributed by atoms with Crippen LogP contribution in [0.3, 0.4) is 0 Å². The Bertz CT molecular complexity index is 672. The van der Waals surface area contributed by atoms with E-state index in [0.29, 0.717) is 22.9 Å². The number of benzene rings is 1. The lowest BCUT2D eigenvalue weighted by molar-refractivity contribution is -0.122. The Balaban J connectivity index is 2.38. The van der Waals surface area contributed by atoms with E-state index < -0.39 is 0 Å². The van der Waals surface area contributed by atoms with Crippen LogP contribution in [0.5, 0.6) is 11.5 Å². The molecule has 0 saturated carbocycles. The van der Waals surface area contributed by atoms with Gasteiger partial charge in [0, 0.05) is 6.54 Å². The van der Waals surface area contributed by atoms with Crippen molar-refractivity contribution in [1.82, 2.24) is 4.90 Å². The molecule has 1 saturated heterocycles. The third-order valence-electron chi connectivity index (χ3n) is 3.09. The van der Waals surface area contributed by atoms with Gasteiger partial charge in [-0.2, -0.15) is 0 Å². The third kappa shape index (κ3) is 4.00. The van der Waals surface area contributed by atoms with Crippen LogP contribution in [0.15, 0.2) is 17.0 Å². The molecular formula is C16H18INO4S. The minimum atomic E-state index is -0.251. The highest BCUT2D eigenvalue weighted by atomic mass is 127. The number of hydrogen-bond donors (Lipinski definition) is 0. The SMILES string of the molecule is CCN1C(=O)S/C(=C/c2cc(I)c(OC(C)C)c(OC)c2)C1=O. The summed E-state index contributed by atoms with van der Waals surface area (Å²) in [5, 5.41) is -0.231. The summed E-state index contributed by atoms with van der Waals surface area (Å²) in [5.74, 6) is 1.03. The highest BCUT2D eigenvalue weighted by Gasteiger charge is 2.33. The second-order valence-corrected chi connectivity index (χ2v) is 7.28. The lowest BCUT2D eigenvalue weighted by Crippen LogP contribution is -2.27. The molecule has 124 valence electrons. The molecule has 0 aromatic heterocycles. The van der Waals surface area contributed by atoms with Gasteiger partial charge in [0.1, 0.15) is 0 Å². The molecule has 1 aromatic rings. The number of halogens is 1. The largest absolute Gasteiger partial charge is 0.493 e. The number of likely N-dealkylation sites (N-methyl/N-ethyl adjacent to an activating group) is 1. The molecule has 0 atom stereocenters. The Morgan fingerprint density at radius 2 is 2.04 bits per heavy atom. The Morgan fingerprint density at radius 3 is 2.57 bits per heavy atom. The highest BCUT2D eigenvalue weighted by Crippen LogP contribution is 2.37. The Kier molecular flexibility index (Phi) is 5.96. The summed E-state index contributed by atoms with van der Waals surface area (Å²) in [4.78, 5) is 25.6. The first-order valence-corrected chi connectivity index (χ1v) is 9.06. The monoisotopic (exact) mass is 447 g/mol. The van der Waals surface area contributed by atoms with Gasteiger partial charge in [0.25, 0.3) is 11.1 Å². The average Bonchev–Trinajstić information content (AvgIpc) is 2.75. The van der Waals surface area contributed by atoms with E-state index in [-0.39, 0.29) is 17.3 Å². The van der Waals surface area contributed by atoms with Crippen LogP contribution < -0.4 is 9.47 Å². The Hall–Kier alpha value is -1.22. The van der Waals surface area contributed by atoms with Crippen molar-refractivity contribution in [3.63, 3.8) is 0 Å². The van der Waals surface area contributed by atoms with Crippen LogP contribution >= 0.6 is 34.4 Å². The normalized spacial score (nSPS) is 16.6. The topological polar surface area (TPSA) is 55.8 Å². The molecule has 1 fully saturated rings. The summed E-state index contributed by atoms with van der Waals surface area (Å²) >= 11 is 3.13. The van der Waals surface area contributed by atoms with Crippen molar-refractivity contribution in [1.29, 1.82) is 0 Å². The second-order valence-electron chi connectivity index (χ2n) is 5.13. The second kappa shape index (κ2) is 7.57. The standard InChI is InChI=1S/C16H18INO4S/c1-5-18-15(19)13(23-16(18)20)8-10-6-11(17)14(22-9(2)3)12(7-10)21-4/h6-9H,5H2,1-4H3/b13-8+. The van der Waals surface area contributed by atoms with Crippen molar-refractivity contribution in [3.8, 4) is 11.5 Å². The fourth-order valence-corrected chi connectivity index (χ4v) is 3.75. The van der Waals surface area contributed by atoms with E-state index in [4.69, 9.17) is 9.47 Å². The van der Waals surface area contributed by atoms with Crippen molar-refractivity contribution in [3.05, 3.63) is 26.2 Å². The number of imide groups is 1. The smallest absolute Gasteiger partial charge is 0.293 e. The molecule has 1 aromatic carbocycles. The van der Waals surface area contributed by atoms with E-state index in [1.807, 2.05) is 19.9 Å². The van der Waals surface area contributed by atoms with Gasteiger partial charge in [-0.3, -0.25) is 14.5 Å². The number of rotatable bonds is 5. The minimum Gasteiger partial charge on any atom is -0.493 e. The maximum absolute atomic E-state index is 12.2. The van der Waals surface area contributed by atoms with Crippen LogP contribution in [0.4, 0.5) is 4.79 Å². The van der Waals surface area contributed by atoms with Crippen molar-refractivity contribution in [2.24, 2.45) is 0 Å². The molecule has 2 amide bonds. The molecule has 0 spiro atoms. The summed E-state index contributed by atoms with van der Waals surface area (Å²) in [5.41, 5.74) is 0.795. The van der Waals surface area contributed by atoms with Gasteiger partial charge in [-0.1, -0.05) is 0 Å². The molecule has 0 N–H and O–H groups in total.